The molecular weight excluding hydrogens is 266 g/mol. The summed E-state index contributed by atoms with van der Waals surface area (Å²) >= 11 is 0. The smallest absolute Gasteiger partial charge is 0.305 e. The van der Waals surface area contributed by atoms with Gasteiger partial charge in [-0.2, -0.15) is 0 Å². The van der Waals surface area contributed by atoms with E-state index in [1.165, 1.54) is 11.1 Å². The van der Waals surface area contributed by atoms with Crippen LogP contribution in [0.15, 0.2) is 24.3 Å². The highest BCUT2D eigenvalue weighted by atomic mass is 16.4. The van der Waals surface area contributed by atoms with Gasteiger partial charge in [0.2, 0.25) is 5.91 Å². The van der Waals surface area contributed by atoms with Crippen LogP contribution in [-0.4, -0.2) is 35.0 Å². The molecule has 0 aliphatic heterocycles. The highest BCUT2D eigenvalue weighted by Crippen LogP contribution is 2.60. The summed E-state index contributed by atoms with van der Waals surface area (Å²) in [7, 11) is 0. The number of hydrogen-bond donors (Lipinski definition) is 1. The molecule has 1 amide bonds. The number of amides is 1. The Kier molecular flexibility index (Phi) is 3.70. The van der Waals surface area contributed by atoms with Gasteiger partial charge in [-0.1, -0.05) is 24.3 Å². The second-order valence-corrected chi connectivity index (χ2v) is 6.01. The number of aryl methyl sites for hydroxylation is 1. The van der Waals surface area contributed by atoms with Crippen LogP contribution in [0.3, 0.4) is 0 Å². The predicted molar refractivity (Wildman–Crippen MR) is 79.0 cm³/mol. The van der Waals surface area contributed by atoms with Crippen LogP contribution in [0.25, 0.3) is 0 Å². The van der Waals surface area contributed by atoms with E-state index in [0.717, 1.165) is 12.8 Å². The molecule has 1 saturated carbocycles. The summed E-state index contributed by atoms with van der Waals surface area (Å²) in [5.74, 6) is 0.195. The van der Waals surface area contributed by atoms with Crippen molar-refractivity contribution in [2.24, 2.45) is 11.8 Å². The molecule has 4 nitrogen and oxygen atoms in total. The fourth-order valence-electron chi connectivity index (χ4n) is 3.77. The fraction of sp³-hybridized carbons (Fsp3) is 0.529. The first kappa shape index (κ1) is 14.1. The second-order valence-electron chi connectivity index (χ2n) is 6.01. The molecule has 1 fully saturated rings. The minimum absolute atomic E-state index is 0.0260. The number of carboxylic acids is 1. The normalized spacial score (nSPS) is 25.7. The van der Waals surface area contributed by atoms with E-state index in [4.69, 9.17) is 5.11 Å². The van der Waals surface area contributed by atoms with E-state index in [9.17, 15) is 9.59 Å². The molecule has 112 valence electrons. The SMILES string of the molecule is CCN(CCC(=O)O)C(=O)C1C2CCc3ccccc3C21. The van der Waals surface area contributed by atoms with Gasteiger partial charge in [0.25, 0.3) is 0 Å². The third kappa shape index (κ3) is 2.55. The highest BCUT2D eigenvalue weighted by molar-refractivity contribution is 5.84. The van der Waals surface area contributed by atoms with Gasteiger partial charge >= 0.3 is 5.97 Å². The molecule has 0 aromatic heterocycles. The van der Waals surface area contributed by atoms with Crippen molar-refractivity contribution in [1.82, 2.24) is 4.90 Å². The number of aliphatic carboxylic acids is 1. The highest BCUT2D eigenvalue weighted by Gasteiger charge is 2.57. The molecule has 1 N–H and O–H groups in total. The van der Waals surface area contributed by atoms with E-state index in [1.807, 2.05) is 13.0 Å². The Morgan fingerprint density at radius 3 is 2.81 bits per heavy atom. The Morgan fingerprint density at radius 1 is 1.33 bits per heavy atom. The molecule has 0 heterocycles. The lowest BCUT2D eigenvalue weighted by molar-refractivity contribution is -0.138. The van der Waals surface area contributed by atoms with E-state index in [0.29, 0.717) is 24.9 Å². The van der Waals surface area contributed by atoms with E-state index in [2.05, 4.69) is 18.2 Å². The van der Waals surface area contributed by atoms with Gasteiger partial charge in [0.1, 0.15) is 0 Å². The zero-order valence-electron chi connectivity index (χ0n) is 12.3. The molecular formula is C17H21NO3. The van der Waals surface area contributed by atoms with E-state index >= 15 is 0 Å². The van der Waals surface area contributed by atoms with Gasteiger partial charge in [0.05, 0.1) is 6.42 Å². The summed E-state index contributed by atoms with van der Waals surface area (Å²) in [5.41, 5.74) is 2.71. The molecule has 0 saturated heterocycles. The van der Waals surface area contributed by atoms with E-state index < -0.39 is 5.97 Å². The molecule has 0 spiro atoms. The third-order valence-corrected chi connectivity index (χ3v) is 4.90. The zero-order chi connectivity index (χ0) is 15.0. The molecule has 1 aromatic rings. The molecule has 3 atom stereocenters. The maximum absolute atomic E-state index is 12.7. The second kappa shape index (κ2) is 5.51. The van der Waals surface area contributed by atoms with Gasteiger partial charge < -0.3 is 10.0 Å². The Labute approximate surface area is 124 Å². The molecule has 0 bridgehead atoms. The number of carbonyl (C=O) groups excluding carboxylic acids is 1. The standard InChI is InChI=1S/C17H21NO3/c1-2-18(10-9-14(19)20)17(21)16-13-8-7-11-5-3-4-6-12(11)15(13)16/h3-6,13,15-16H,2,7-10H2,1H3,(H,19,20). The molecule has 2 aliphatic rings. The number of carboxylic acid groups (broad SMARTS) is 1. The Balaban J connectivity index is 1.72. The quantitative estimate of drug-likeness (QED) is 0.904. The van der Waals surface area contributed by atoms with Gasteiger partial charge in [-0.3, -0.25) is 9.59 Å². The van der Waals surface area contributed by atoms with Crippen LogP contribution in [0.2, 0.25) is 0 Å². The summed E-state index contributed by atoms with van der Waals surface area (Å²) in [5, 5.41) is 8.79. The summed E-state index contributed by atoms with van der Waals surface area (Å²) in [6.07, 6.45) is 2.16. The lowest BCUT2D eigenvalue weighted by Crippen LogP contribution is -2.34. The van der Waals surface area contributed by atoms with E-state index in [-0.39, 0.29) is 18.2 Å². The summed E-state index contributed by atoms with van der Waals surface area (Å²) < 4.78 is 0. The van der Waals surface area contributed by atoms with Crippen LogP contribution >= 0.6 is 0 Å². The first-order valence-electron chi connectivity index (χ1n) is 7.72. The molecule has 3 unspecified atom stereocenters. The van der Waals surface area contributed by atoms with Gasteiger partial charge in [-0.15, -0.1) is 0 Å². The molecule has 3 rings (SSSR count). The first-order chi connectivity index (χ1) is 10.1. The average molecular weight is 287 g/mol. The topological polar surface area (TPSA) is 57.6 Å². The maximum Gasteiger partial charge on any atom is 0.305 e. The van der Waals surface area contributed by atoms with Crippen molar-refractivity contribution in [1.29, 1.82) is 0 Å². The largest absolute Gasteiger partial charge is 0.481 e. The number of hydrogen-bond acceptors (Lipinski definition) is 2. The zero-order valence-corrected chi connectivity index (χ0v) is 12.3. The van der Waals surface area contributed by atoms with Crippen molar-refractivity contribution in [3.05, 3.63) is 35.4 Å². The van der Waals surface area contributed by atoms with Gasteiger partial charge in [-0.25, -0.2) is 0 Å². The lowest BCUT2D eigenvalue weighted by atomic mass is 9.92. The van der Waals surface area contributed by atoms with Crippen molar-refractivity contribution < 1.29 is 14.7 Å². The molecule has 1 aromatic carbocycles. The van der Waals surface area contributed by atoms with Gasteiger partial charge in [-0.05, 0) is 42.7 Å². The molecule has 21 heavy (non-hydrogen) atoms. The monoisotopic (exact) mass is 287 g/mol. The van der Waals surface area contributed by atoms with E-state index in [1.54, 1.807) is 4.90 Å². The van der Waals surface area contributed by atoms with Crippen LogP contribution in [-0.2, 0) is 16.0 Å². The molecule has 0 radical (unpaired) electrons. The van der Waals surface area contributed by atoms with Crippen LogP contribution in [0.4, 0.5) is 0 Å². The van der Waals surface area contributed by atoms with Gasteiger partial charge in [0.15, 0.2) is 0 Å². The van der Waals surface area contributed by atoms with Crippen molar-refractivity contribution in [3.63, 3.8) is 0 Å². The number of rotatable bonds is 5. The molecule has 2 aliphatic carbocycles. The van der Waals surface area contributed by atoms with Crippen molar-refractivity contribution in [2.45, 2.75) is 32.1 Å². The molecule has 4 heteroatoms. The lowest BCUT2D eigenvalue weighted by Gasteiger charge is -2.20. The van der Waals surface area contributed by atoms with Gasteiger partial charge in [0, 0.05) is 19.0 Å². The summed E-state index contributed by atoms with van der Waals surface area (Å²) in [4.78, 5) is 25.1. The Bertz CT molecular complexity index is 569. The Morgan fingerprint density at radius 2 is 2.10 bits per heavy atom. The predicted octanol–water partition coefficient (Wildman–Crippen LogP) is 2.29. The average Bonchev–Trinajstić information content (AvgIpc) is 3.22. The number of carbonyl (C=O) groups is 2. The fourth-order valence-corrected chi connectivity index (χ4v) is 3.77. The Hall–Kier alpha value is -1.84. The van der Waals surface area contributed by atoms with Crippen molar-refractivity contribution in [3.8, 4) is 0 Å². The van der Waals surface area contributed by atoms with Crippen LogP contribution in [0.5, 0.6) is 0 Å². The number of fused-ring (bicyclic) bond motifs is 3. The summed E-state index contributed by atoms with van der Waals surface area (Å²) in [6.45, 7) is 2.83. The van der Waals surface area contributed by atoms with Crippen LogP contribution < -0.4 is 0 Å². The van der Waals surface area contributed by atoms with Crippen molar-refractivity contribution in [2.75, 3.05) is 13.1 Å². The first-order valence-corrected chi connectivity index (χ1v) is 7.72. The van der Waals surface area contributed by atoms with Crippen molar-refractivity contribution >= 4 is 11.9 Å². The number of benzene rings is 1. The maximum atomic E-state index is 12.7. The van der Waals surface area contributed by atoms with Crippen LogP contribution in [0.1, 0.15) is 36.8 Å². The minimum Gasteiger partial charge on any atom is -0.481 e. The van der Waals surface area contributed by atoms with Crippen LogP contribution in [0, 0.1) is 11.8 Å². The minimum atomic E-state index is -0.847. The number of nitrogens with zero attached hydrogens (tertiary/aromatic N) is 1. The summed E-state index contributed by atoms with van der Waals surface area (Å²) in [6, 6.07) is 8.41. The third-order valence-electron chi connectivity index (χ3n) is 4.90.